The van der Waals surface area contributed by atoms with Gasteiger partial charge in [0.2, 0.25) is 0 Å². The van der Waals surface area contributed by atoms with E-state index in [0.717, 1.165) is 31.6 Å². The van der Waals surface area contributed by atoms with Gasteiger partial charge < -0.3 is 15.7 Å². The summed E-state index contributed by atoms with van der Waals surface area (Å²) in [5.41, 5.74) is -0.0157. The third kappa shape index (κ3) is 5.71. The molecule has 4 nitrogen and oxygen atoms in total. The van der Waals surface area contributed by atoms with Gasteiger partial charge in [-0.05, 0) is 32.1 Å². The summed E-state index contributed by atoms with van der Waals surface area (Å²) >= 11 is 0. The molecule has 1 fully saturated rings. The van der Waals surface area contributed by atoms with Crippen LogP contribution in [0.25, 0.3) is 0 Å². The molecule has 0 spiro atoms. The van der Waals surface area contributed by atoms with Crippen LogP contribution in [0.1, 0.15) is 52.9 Å². The predicted molar refractivity (Wildman–Crippen MR) is 73.4 cm³/mol. The lowest BCUT2D eigenvalue weighted by Gasteiger charge is -2.17. The van der Waals surface area contributed by atoms with Crippen LogP contribution in [0.3, 0.4) is 0 Å². The summed E-state index contributed by atoms with van der Waals surface area (Å²) in [6.07, 6.45) is 5.43. The lowest BCUT2D eigenvalue weighted by molar-refractivity contribution is 0.202. The van der Waals surface area contributed by atoms with E-state index < -0.39 is 0 Å². The van der Waals surface area contributed by atoms with Crippen LogP contribution in [-0.2, 0) is 0 Å². The molecule has 0 radical (unpaired) electrons. The lowest BCUT2D eigenvalue weighted by atomic mass is 10.0. The van der Waals surface area contributed by atoms with Crippen LogP contribution >= 0.6 is 0 Å². The number of hydrogen-bond donors (Lipinski definition) is 3. The van der Waals surface area contributed by atoms with E-state index in [1.807, 2.05) is 6.92 Å². The zero-order valence-corrected chi connectivity index (χ0v) is 12.0. The molecule has 18 heavy (non-hydrogen) atoms. The number of urea groups is 1. The van der Waals surface area contributed by atoms with E-state index >= 15 is 0 Å². The fourth-order valence-electron chi connectivity index (χ4n) is 2.01. The monoisotopic (exact) mass is 256 g/mol. The predicted octanol–water partition coefficient (Wildman–Crippen LogP) is 2.27. The number of hydrogen-bond acceptors (Lipinski definition) is 2. The van der Waals surface area contributed by atoms with Gasteiger partial charge in [-0.15, -0.1) is 0 Å². The van der Waals surface area contributed by atoms with Gasteiger partial charge in [-0.25, -0.2) is 4.79 Å². The van der Waals surface area contributed by atoms with E-state index in [1.165, 1.54) is 6.42 Å². The number of rotatable bonds is 8. The Hall–Kier alpha value is -0.770. The Morgan fingerprint density at radius 2 is 1.94 bits per heavy atom. The number of amides is 2. The summed E-state index contributed by atoms with van der Waals surface area (Å²) in [5.74, 6) is 0.727. The molecule has 0 aromatic rings. The SMILES string of the molecule is CC(C)CCCC(C)NC(=O)NCC1(CO)CC1. The van der Waals surface area contributed by atoms with Gasteiger partial charge >= 0.3 is 6.03 Å². The number of aliphatic hydroxyl groups excluding tert-OH is 1. The van der Waals surface area contributed by atoms with E-state index in [9.17, 15) is 4.79 Å². The van der Waals surface area contributed by atoms with Crippen molar-refractivity contribution in [2.45, 2.75) is 58.9 Å². The quantitative estimate of drug-likeness (QED) is 0.624. The van der Waals surface area contributed by atoms with Gasteiger partial charge in [0.05, 0.1) is 6.61 Å². The van der Waals surface area contributed by atoms with Crippen molar-refractivity contribution in [3.8, 4) is 0 Å². The van der Waals surface area contributed by atoms with E-state index in [4.69, 9.17) is 5.11 Å². The lowest BCUT2D eigenvalue weighted by Crippen LogP contribution is -2.43. The van der Waals surface area contributed by atoms with Gasteiger partial charge in [0.25, 0.3) is 0 Å². The molecule has 1 rings (SSSR count). The van der Waals surface area contributed by atoms with Crippen LogP contribution in [0.5, 0.6) is 0 Å². The highest BCUT2D eigenvalue weighted by Crippen LogP contribution is 2.44. The second-order valence-corrected chi connectivity index (χ2v) is 6.21. The minimum absolute atomic E-state index is 0.0157. The third-order valence-electron chi connectivity index (χ3n) is 3.71. The summed E-state index contributed by atoms with van der Waals surface area (Å²) in [6, 6.07) is 0.111. The van der Waals surface area contributed by atoms with Gasteiger partial charge in [0.15, 0.2) is 0 Å². The minimum Gasteiger partial charge on any atom is -0.396 e. The maximum atomic E-state index is 11.6. The molecule has 0 aliphatic heterocycles. The normalized spacial score (nSPS) is 18.5. The molecular formula is C14H28N2O2. The minimum atomic E-state index is -0.105. The van der Waals surface area contributed by atoms with Crippen molar-refractivity contribution in [2.24, 2.45) is 11.3 Å². The Bertz CT molecular complexity index is 263. The first-order chi connectivity index (χ1) is 8.47. The largest absolute Gasteiger partial charge is 0.396 e. The molecule has 0 aromatic carbocycles. The van der Waals surface area contributed by atoms with Crippen LogP contribution in [0.15, 0.2) is 0 Å². The standard InChI is InChI=1S/C14H28N2O2/c1-11(2)5-4-6-12(3)16-13(18)15-9-14(10-17)7-8-14/h11-12,17H,4-10H2,1-3H3,(H2,15,16,18). The number of nitrogens with one attached hydrogen (secondary N) is 2. The summed E-state index contributed by atoms with van der Waals surface area (Å²) in [4.78, 5) is 11.6. The summed E-state index contributed by atoms with van der Waals surface area (Å²) in [7, 11) is 0. The second kappa shape index (κ2) is 6.98. The molecule has 0 saturated heterocycles. The average molecular weight is 256 g/mol. The maximum Gasteiger partial charge on any atom is 0.315 e. The molecular weight excluding hydrogens is 228 g/mol. The molecule has 1 aliphatic carbocycles. The Morgan fingerprint density at radius 1 is 1.28 bits per heavy atom. The molecule has 1 aliphatic rings. The molecule has 106 valence electrons. The summed E-state index contributed by atoms with van der Waals surface area (Å²) in [6.45, 7) is 7.24. The Morgan fingerprint density at radius 3 is 2.44 bits per heavy atom. The van der Waals surface area contributed by atoms with E-state index in [1.54, 1.807) is 0 Å². The number of aliphatic hydroxyl groups is 1. The fraction of sp³-hybridized carbons (Fsp3) is 0.929. The van der Waals surface area contributed by atoms with Crippen molar-refractivity contribution in [3.05, 3.63) is 0 Å². The zero-order chi connectivity index (χ0) is 13.6. The van der Waals surface area contributed by atoms with E-state index in [2.05, 4.69) is 24.5 Å². The van der Waals surface area contributed by atoms with Gasteiger partial charge in [-0.3, -0.25) is 0 Å². The van der Waals surface area contributed by atoms with Crippen molar-refractivity contribution in [1.82, 2.24) is 10.6 Å². The first-order valence-electron chi connectivity index (χ1n) is 7.13. The van der Waals surface area contributed by atoms with Crippen molar-refractivity contribution >= 4 is 6.03 Å². The molecule has 0 bridgehead atoms. The maximum absolute atomic E-state index is 11.6. The Balaban J connectivity index is 2.08. The highest BCUT2D eigenvalue weighted by molar-refractivity contribution is 5.74. The van der Waals surface area contributed by atoms with Gasteiger partial charge in [0.1, 0.15) is 0 Å². The number of carbonyl (C=O) groups is 1. The fourth-order valence-corrected chi connectivity index (χ4v) is 2.01. The summed E-state index contributed by atoms with van der Waals surface area (Å²) < 4.78 is 0. The second-order valence-electron chi connectivity index (χ2n) is 6.21. The zero-order valence-electron chi connectivity index (χ0n) is 12.0. The van der Waals surface area contributed by atoms with Crippen LogP contribution in [-0.4, -0.2) is 30.3 Å². The first-order valence-corrected chi connectivity index (χ1v) is 7.13. The van der Waals surface area contributed by atoms with Crippen molar-refractivity contribution in [1.29, 1.82) is 0 Å². The number of carbonyl (C=O) groups excluding carboxylic acids is 1. The van der Waals surface area contributed by atoms with Crippen molar-refractivity contribution in [2.75, 3.05) is 13.2 Å². The smallest absolute Gasteiger partial charge is 0.315 e. The molecule has 1 atom stereocenters. The molecule has 3 N–H and O–H groups in total. The van der Waals surface area contributed by atoms with Gasteiger partial charge in [-0.1, -0.05) is 26.7 Å². The van der Waals surface area contributed by atoms with Crippen LogP contribution in [0.4, 0.5) is 4.79 Å². The van der Waals surface area contributed by atoms with Gasteiger partial charge in [0, 0.05) is 18.0 Å². The van der Waals surface area contributed by atoms with E-state index in [-0.39, 0.29) is 24.1 Å². The van der Waals surface area contributed by atoms with Crippen molar-refractivity contribution < 1.29 is 9.90 Å². The topological polar surface area (TPSA) is 61.4 Å². The highest BCUT2D eigenvalue weighted by atomic mass is 16.3. The Labute approximate surface area is 111 Å². The molecule has 0 heterocycles. The van der Waals surface area contributed by atoms with Crippen LogP contribution in [0.2, 0.25) is 0 Å². The third-order valence-corrected chi connectivity index (χ3v) is 3.71. The summed E-state index contributed by atoms with van der Waals surface area (Å²) in [5, 5.41) is 15.0. The van der Waals surface area contributed by atoms with Crippen LogP contribution < -0.4 is 10.6 Å². The molecule has 2 amide bonds. The van der Waals surface area contributed by atoms with Crippen LogP contribution in [0, 0.1) is 11.3 Å². The van der Waals surface area contributed by atoms with Crippen molar-refractivity contribution in [3.63, 3.8) is 0 Å². The molecule has 0 aromatic heterocycles. The van der Waals surface area contributed by atoms with Gasteiger partial charge in [-0.2, -0.15) is 0 Å². The Kier molecular flexibility index (Phi) is 5.93. The molecule has 1 saturated carbocycles. The first kappa shape index (κ1) is 15.3. The highest BCUT2D eigenvalue weighted by Gasteiger charge is 2.42. The molecule has 4 heteroatoms. The van der Waals surface area contributed by atoms with E-state index in [0.29, 0.717) is 6.54 Å². The molecule has 1 unspecified atom stereocenters. The average Bonchev–Trinajstić information content (AvgIpc) is 3.06.